The predicted octanol–water partition coefficient (Wildman–Crippen LogP) is 4.47. The van der Waals surface area contributed by atoms with Crippen LogP contribution in [-0.2, 0) is 26.3 Å². The summed E-state index contributed by atoms with van der Waals surface area (Å²) in [6.45, 7) is -0.607. The summed E-state index contributed by atoms with van der Waals surface area (Å²) in [7, 11) is 6.03. The van der Waals surface area contributed by atoms with Crippen molar-refractivity contribution >= 4 is 35.3 Å². The fourth-order valence-corrected chi connectivity index (χ4v) is 5.66. The third-order valence-electron chi connectivity index (χ3n) is 8.16. The van der Waals surface area contributed by atoms with Crippen LogP contribution in [0.25, 0.3) is 11.1 Å². The molecule has 11 nitrogen and oxygen atoms in total. The zero-order valence-electron chi connectivity index (χ0n) is 26.3. The second-order valence-corrected chi connectivity index (χ2v) is 11.2. The molecule has 2 N–H and O–H groups in total. The fraction of sp³-hybridized carbons (Fsp3) is 0.194. The summed E-state index contributed by atoms with van der Waals surface area (Å²) in [5, 5.41) is 13.0. The molecule has 11 heteroatoms. The Labute approximate surface area is 271 Å². The molecule has 0 radical (unpaired) electrons. The number of nitrogens with one attached hydrogen (secondary N) is 1. The van der Waals surface area contributed by atoms with Crippen LogP contribution in [0.4, 0.5) is 5.69 Å². The van der Waals surface area contributed by atoms with E-state index in [2.05, 4.69) is 5.32 Å². The molecule has 3 amide bonds. The number of hydrogen-bond acceptors (Lipinski definition) is 7. The molecule has 1 aliphatic rings. The number of hydrogen-bond donors (Lipinski definition) is 2. The first-order valence-electron chi connectivity index (χ1n) is 14.6. The van der Waals surface area contributed by atoms with Crippen molar-refractivity contribution in [2.24, 2.45) is 0 Å². The standard InChI is InChI=1S/C36H33N3O8/c1-38(2)33(42)27-19-22(20-31(40)47-21-36(35(44)45)28-15-9-7-14-26(28)34(43)39(36)3)17-18-29(27)37-32(41)25-13-6-5-11-23(25)24-12-8-10-16-30(24)46-4/h5-19H,20-21H2,1-4H3,(H,37,41)(H,44,45)/t36-/m0/s1. The zero-order chi connectivity index (χ0) is 33.9. The highest BCUT2D eigenvalue weighted by Crippen LogP contribution is 2.39. The summed E-state index contributed by atoms with van der Waals surface area (Å²) in [6.07, 6.45) is -0.298. The van der Waals surface area contributed by atoms with Crippen molar-refractivity contribution in [2.45, 2.75) is 12.0 Å². The highest BCUT2D eigenvalue weighted by Gasteiger charge is 2.54. The quantitative estimate of drug-likeness (QED) is 0.243. The molecular formula is C36H33N3O8. The first kappa shape index (κ1) is 32.4. The lowest BCUT2D eigenvalue weighted by molar-refractivity contribution is -0.159. The van der Waals surface area contributed by atoms with Crippen molar-refractivity contribution in [2.75, 3.05) is 40.2 Å². The molecule has 0 unspecified atom stereocenters. The van der Waals surface area contributed by atoms with Gasteiger partial charge in [-0.25, -0.2) is 4.79 Å². The summed E-state index contributed by atoms with van der Waals surface area (Å²) in [6, 6.07) is 25.2. The van der Waals surface area contributed by atoms with Crippen LogP contribution in [-0.4, -0.2) is 79.4 Å². The van der Waals surface area contributed by atoms with Gasteiger partial charge in [0.15, 0.2) is 0 Å². The van der Waals surface area contributed by atoms with E-state index in [1.54, 1.807) is 63.7 Å². The van der Waals surface area contributed by atoms with Gasteiger partial charge < -0.3 is 29.7 Å². The van der Waals surface area contributed by atoms with Gasteiger partial charge in [0.1, 0.15) is 12.4 Å². The van der Waals surface area contributed by atoms with E-state index in [0.717, 1.165) is 10.5 Å². The predicted molar refractivity (Wildman–Crippen MR) is 173 cm³/mol. The van der Waals surface area contributed by atoms with E-state index < -0.39 is 41.8 Å². The van der Waals surface area contributed by atoms with Crippen molar-refractivity contribution < 1.29 is 38.6 Å². The number of ether oxygens (including phenoxy) is 2. The number of anilines is 1. The molecule has 0 saturated carbocycles. The number of carboxylic acids is 1. The van der Waals surface area contributed by atoms with Crippen LogP contribution in [0.15, 0.2) is 91.0 Å². The first-order chi connectivity index (χ1) is 22.5. The number of esters is 1. The second kappa shape index (κ2) is 13.2. The maximum absolute atomic E-state index is 13.6. The molecule has 0 bridgehead atoms. The number of benzene rings is 4. The number of para-hydroxylation sites is 1. The van der Waals surface area contributed by atoms with Crippen molar-refractivity contribution in [3.63, 3.8) is 0 Å². The van der Waals surface area contributed by atoms with Gasteiger partial charge >= 0.3 is 11.9 Å². The Morgan fingerprint density at radius 3 is 2.17 bits per heavy atom. The summed E-state index contributed by atoms with van der Waals surface area (Å²) >= 11 is 0. The number of methoxy groups -OCH3 is 1. The minimum Gasteiger partial charge on any atom is -0.496 e. The SMILES string of the molecule is COc1ccccc1-c1ccccc1C(=O)Nc1ccc(CC(=O)OC[C@@]2(C(=O)O)c3ccccc3C(=O)N2C)cc1C(=O)N(C)C. The van der Waals surface area contributed by atoms with Gasteiger partial charge in [0, 0.05) is 43.4 Å². The van der Waals surface area contributed by atoms with Crippen LogP contribution in [0.5, 0.6) is 5.75 Å². The molecule has 0 aromatic heterocycles. The molecule has 1 heterocycles. The summed E-state index contributed by atoms with van der Waals surface area (Å²) in [5.74, 6) is -2.87. The molecule has 0 fully saturated rings. The summed E-state index contributed by atoms with van der Waals surface area (Å²) in [4.78, 5) is 67.6. The minimum atomic E-state index is -1.89. The number of amides is 3. The van der Waals surface area contributed by atoms with E-state index in [1.807, 2.05) is 24.3 Å². The lowest BCUT2D eigenvalue weighted by Crippen LogP contribution is -2.51. The monoisotopic (exact) mass is 635 g/mol. The van der Waals surface area contributed by atoms with Crippen LogP contribution in [0.2, 0.25) is 0 Å². The van der Waals surface area contributed by atoms with Gasteiger partial charge in [0.25, 0.3) is 17.7 Å². The maximum atomic E-state index is 13.6. The Kier molecular flexibility index (Phi) is 9.09. The number of nitrogens with zero attached hydrogens (tertiary/aromatic N) is 2. The topological polar surface area (TPSA) is 143 Å². The van der Waals surface area contributed by atoms with E-state index in [4.69, 9.17) is 9.47 Å². The lowest BCUT2D eigenvalue weighted by Gasteiger charge is -2.32. The number of carbonyl (C=O) groups excluding carboxylic acids is 4. The minimum absolute atomic E-state index is 0.139. The number of fused-ring (bicyclic) bond motifs is 1. The van der Waals surface area contributed by atoms with Crippen molar-refractivity contribution in [1.29, 1.82) is 0 Å². The number of likely N-dealkylation sites (N-methyl/N-ethyl adjacent to an activating group) is 1. The Morgan fingerprint density at radius 2 is 1.49 bits per heavy atom. The molecule has 1 atom stereocenters. The normalized spacial score (nSPS) is 15.1. The van der Waals surface area contributed by atoms with E-state index >= 15 is 0 Å². The van der Waals surface area contributed by atoms with Gasteiger partial charge in [-0.05, 0) is 41.5 Å². The van der Waals surface area contributed by atoms with Gasteiger partial charge in [0.05, 0.1) is 24.8 Å². The molecule has 4 aromatic carbocycles. The third-order valence-corrected chi connectivity index (χ3v) is 8.16. The van der Waals surface area contributed by atoms with Gasteiger partial charge in [-0.3, -0.25) is 19.2 Å². The Morgan fingerprint density at radius 1 is 0.851 bits per heavy atom. The first-order valence-corrected chi connectivity index (χ1v) is 14.6. The number of aliphatic carboxylic acids is 1. The van der Waals surface area contributed by atoms with Crippen molar-refractivity contribution in [3.05, 3.63) is 119 Å². The largest absolute Gasteiger partial charge is 0.496 e. The van der Waals surface area contributed by atoms with Gasteiger partial charge in [-0.1, -0.05) is 60.7 Å². The number of carbonyl (C=O) groups is 5. The van der Waals surface area contributed by atoms with Crippen LogP contribution in [0.1, 0.15) is 42.2 Å². The molecule has 47 heavy (non-hydrogen) atoms. The van der Waals surface area contributed by atoms with Crippen LogP contribution < -0.4 is 10.1 Å². The van der Waals surface area contributed by atoms with Crippen molar-refractivity contribution in [3.8, 4) is 16.9 Å². The van der Waals surface area contributed by atoms with E-state index in [1.165, 1.54) is 36.2 Å². The Hall–Kier alpha value is -5.97. The summed E-state index contributed by atoms with van der Waals surface area (Å²) < 4.78 is 11.0. The second-order valence-electron chi connectivity index (χ2n) is 11.2. The average molecular weight is 636 g/mol. The molecule has 1 aliphatic heterocycles. The molecule has 0 spiro atoms. The van der Waals surface area contributed by atoms with E-state index in [-0.39, 0.29) is 28.8 Å². The fourth-order valence-electron chi connectivity index (χ4n) is 5.66. The van der Waals surface area contributed by atoms with Gasteiger partial charge in [0.2, 0.25) is 5.54 Å². The summed E-state index contributed by atoms with van der Waals surface area (Å²) in [5.41, 5.74) is 1.06. The van der Waals surface area contributed by atoms with Gasteiger partial charge in [-0.2, -0.15) is 0 Å². The smallest absolute Gasteiger partial charge is 0.338 e. The number of rotatable bonds is 10. The van der Waals surface area contributed by atoms with Gasteiger partial charge in [-0.15, -0.1) is 0 Å². The molecule has 240 valence electrons. The Bertz CT molecular complexity index is 1900. The highest BCUT2D eigenvalue weighted by atomic mass is 16.5. The molecule has 0 aliphatic carbocycles. The van der Waals surface area contributed by atoms with E-state index in [9.17, 15) is 29.1 Å². The maximum Gasteiger partial charge on any atom is 0.338 e. The van der Waals surface area contributed by atoms with Crippen LogP contribution in [0.3, 0.4) is 0 Å². The number of carboxylic acid groups (broad SMARTS) is 1. The van der Waals surface area contributed by atoms with E-state index in [0.29, 0.717) is 22.4 Å². The highest BCUT2D eigenvalue weighted by molar-refractivity contribution is 6.12. The third kappa shape index (κ3) is 6.02. The average Bonchev–Trinajstić information content (AvgIpc) is 3.30. The molecule has 5 rings (SSSR count). The molecule has 4 aromatic rings. The van der Waals surface area contributed by atoms with Crippen molar-refractivity contribution in [1.82, 2.24) is 9.80 Å². The van der Waals surface area contributed by atoms with Crippen LogP contribution >= 0.6 is 0 Å². The molecular weight excluding hydrogens is 602 g/mol. The lowest BCUT2D eigenvalue weighted by atomic mass is 9.90. The Balaban J connectivity index is 1.38. The molecule has 0 saturated heterocycles. The zero-order valence-corrected chi connectivity index (χ0v) is 26.3. The van der Waals surface area contributed by atoms with Crippen LogP contribution in [0, 0.1) is 0 Å².